The zero-order valence-electron chi connectivity index (χ0n) is 9.81. The Morgan fingerprint density at radius 2 is 1.69 bits per heavy atom. The van der Waals surface area contributed by atoms with Gasteiger partial charge in [0.25, 0.3) is 0 Å². The van der Waals surface area contributed by atoms with Gasteiger partial charge in [-0.15, -0.1) is 0 Å². The number of hydrogen-bond acceptors (Lipinski definition) is 3. The second-order valence-corrected chi connectivity index (χ2v) is 3.57. The third-order valence-electron chi connectivity index (χ3n) is 2.71. The van der Waals surface area contributed by atoms with E-state index in [1.807, 2.05) is 27.2 Å². The number of fused-ring (bicyclic) bond motifs is 1. The summed E-state index contributed by atoms with van der Waals surface area (Å²) in [5, 5.41) is 11.8. The summed E-state index contributed by atoms with van der Waals surface area (Å²) in [4.78, 5) is 0. The van der Waals surface area contributed by atoms with E-state index in [0.29, 0.717) is 0 Å². The highest BCUT2D eigenvalue weighted by Gasteiger charge is 2.05. The van der Waals surface area contributed by atoms with Gasteiger partial charge in [0.1, 0.15) is 0 Å². The minimum Gasteiger partial charge on any atom is -0.388 e. The van der Waals surface area contributed by atoms with Gasteiger partial charge in [0, 0.05) is 55.0 Å². The number of nitrogens with one attached hydrogen (secondary N) is 3. The molecule has 0 heterocycles. The fraction of sp³-hybridized carbons (Fsp3) is 0.231. The highest BCUT2D eigenvalue weighted by molar-refractivity contribution is 6.03. The molecule has 2 rings (SSSR count). The Labute approximate surface area is 95.9 Å². The summed E-state index contributed by atoms with van der Waals surface area (Å²) in [6.45, 7) is 0. The molecule has 0 fully saturated rings. The minimum atomic E-state index is 0.986. The van der Waals surface area contributed by atoms with Gasteiger partial charge >= 0.3 is 0 Å². The lowest BCUT2D eigenvalue weighted by Gasteiger charge is -2.12. The van der Waals surface area contributed by atoms with Crippen molar-refractivity contribution < 1.29 is 0 Å². The zero-order chi connectivity index (χ0) is 11.5. The first-order valence-corrected chi connectivity index (χ1v) is 5.32. The third-order valence-corrected chi connectivity index (χ3v) is 2.71. The van der Waals surface area contributed by atoms with Crippen LogP contribution in [-0.4, -0.2) is 21.1 Å². The van der Waals surface area contributed by atoms with E-state index in [1.165, 1.54) is 5.39 Å². The topological polar surface area (TPSA) is 36.1 Å². The molecule has 0 aliphatic heterocycles. The normalized spacial score (nSPS) is 10.2. The second kappa shape index (κ2) is 4.31. The lowest BCUT2D eigenvalue weighted by atomic mass is 10.1. The first-order valence-electron chi connectivity index (χ1n) is 5.32. The van der Waals surface area contributed by atoms with Crippen molar-refractivity contribution in [3.8, 4) is 0 Å². The van der Waals surface area contributed by atoms with Gasteiger partial charge in [0.2, 0.25) is 0 Å². The van der Waals surface area contributed by atoms with Crippen LogP contribution in [-0.2, 0) is 0 Å². The van der Waals surface area contributed by atoms with E-state index in [4.69, 9.17) is 0 Å². The van der Waals surface area contributed by atoms with Crippen LogP contribution in [0.2, 0.25) is 0 Å². The highest BCUT2D eigenvalue weighted by Crippen LogP contribution is 2.31. The maximum Gasteiger partial charge on any atom is 0.0446 e. The largest absolute Gasteiger partial charge is 0.388 e. The molecular weight excluding hydrogens is 198 g/mol. The van der Waals surface area contributed by atoms with Crippen molar-refractivity contribution in [2.24, 2.45) is 0 Å². The van der Waals surface area contributed by atoms with Gasteiger partial charge in [0.15, 0.2) is 0 Å². The molecule has 83 valence electrons. The first kappa shape index (κ1) is 10.6. The average molecular weight is 214 g/mol. The van der Waals surface area contributed by atoms with Gasteiger partial charge in [-0.3, -0.25) is 0 Å². The lowest BCUT2D eigenvalue weighted by molar-refractivity contribution is 1.48. The Kier molecular flexibility index (Phi) is 2.86. The van der Waals surface area contributed by atoms with Crippen LogP contribution in [0.15, 0.2) is 24.3 Å². The van der Waals surface area contributed by atoms with Crippen molar-refractivity contribution in [1.29, 1.82) is 0 Å². The molecule has 0 aliphatic carbocycles. The third kappa shape index (κ3) is 1.65. The van der Waals surface area contributed by atoms with Gasteiger partial charge < -0.3 is 16.0 Å². The Bertz CT molecular complexity index is 506. The van der Waals surface area contributed by atoms with Crippen LogP contribution in [0.1, 0.15) is 0 Å². The number of benzene rings is 2. The monoisotopic (exact) mass is 214 g/mol. The van der Waals surface area contributed by atoms with Crippen LogP contribution in [0.5, 0.6) is 0 Å². The lowest BCUT2D eigenvalue weighted by Crippen LogP contribution is -1.96. The van der Waals surface area contributed by atoms with Crippen molar-refractivity contribution in [1.82, 2.24) is 0 Å². The van der Waals surface area contributed by atoms with E-state index in [2.05, 4.69) is 40.2 Å². The molecule has 0 atom stereocenters. The molecule has 0 bridgehead atoms. The molecule has 0 unspecified atom stereocenters. The molecule has 3 N–H and O–H groups in total. The fourth-order valence-electron chi connectivity index (χ4n) is 1.85. The predicted molar refractivity (Wildman–Crippen MR) is 71.4 cm³/mol. The molecule has 16 heavy (non-hydrogen) atoms. The Hall–Kier alpha value is -1.90. The molecule has 0 spiro atoms. The van der Waals surface area contributed by atoms with Gasteiger partial charge in [-0.2, -0.15) is 0 Å². The van der Waals surface area contributed by atoms with E-state index in [9.17, 15) is 0 Å². The average Bonchev–Trinajstić information content (AvgIpc) is 2.36. The predicted octanol–water partition coefficient (Wildman–Crippen LogP) is 2.77. The van der Waals surface area contributed by atoms with Gasteiger partial charge in [-0.25, -0.2) is 0 Å². The molecule has 3 nitrogen and oxygen atoms in total. The summed E-state index contributed by atoms with van der Waals surface area (Å²) < 4.78 is 0. The van der Waals surface area contributed by atoms with Crippen LogP contribution in [0, 0.1) is 6.07 Å². The molecule has 2 aromatic rings. The molecule has 0 saturated carbocycles. The fourth-order valence-corrected chi connectivity index (χ4v) is 1.85. The molecule has 3 heteroatoms. The first-order chi connectivity index (χ1) is 7.80. The van der Waals surface area contributed by atoms with Crippen molar-refractivity contribution in [2.75, 3.05) is 37.1 Å². The molecule has 0 aliphatic rings. The second-order valence-electron chi connectivity index (χ2n) is 3.57. The van der Waals surface area contributed by atoms with E-state index in [-0.39, 0.29) is 0 Å². The van der Waals surface area contributed by atoms with Gasteiger partial charge in [0.05, 0.1) is 0 Å². The van der Waals surface area contributed by atoms with Crippen LogP contribution in [0.25, 0.3) is 10.8 Å². The number of anilines is 3. The molecule has 0 amide bonds. The van der Waals surface area contributed by atoms with Gasteiger partial charge in [-0.05, 0) is 12.1 Å². The van der Waals surface area contributed by atoms with E-state index >= 15 is 0 Å². The Morgan fingerprint density at radius 3 is 2.31 bits per heavy atom. The molecular formula is C13H16N3. The van der Waals surface area contributed by atoms with E-state index in [0.717, 1.165) is 22.4 Å². The SMILES string of the molecule is CNc1[c]c2c(NC)cccc2c(NC)c1. The summed E-state index contributed by atoms with van der Waals surface area (Å²) in [6.07, 6.45) is 0. The molecule has 2 aromatic carbocycles. The number of hydrogen-bond donors (Lipinski definition) is 3. The smallest absolute Gasteiger partial charge is 0.0446 e. The van der Waals surface area contributed by atoms with Crippen LogP contribution >= 0.6 is 0 Å². The van der Waals surface area contributed by atoms with E-state index < -0.39 is 0 Å². The summed E-state index contributed by atoms with van der Waals surface area (Å²) in [6, 6.07) is 11.6. The van der Waals surface area contributed by atoms with Crippen molar-refractivity contribution >= 4 is 27.8 Å². The van der Waals surface area contributed by atoms with E-state index in [1.54, 1.807) is 0 Å². The van der Waals surface area contributed by atoms with Crippen LogP contribution in [0.4, 0.5) is 17.1 Å². The Balaban J connectivity index is 2.78. The maximum absolute atomic E-state index is 3.36. The van der Waals surface area contributed by atoms with Crippen molar-refractivity contribution in [3.05, 3.63) is 30.3 Å². The van der Waals surface area contributed by atoms with Crippen molar-refractivity contribution in [2.45, 2.75) is 0 Å². The Morgan fingerprint density at radius 1 is 0.938 bits per heavy atom. The molecule has 1 radical (unpaired) electrons. The standard InChI is InChI=1S/C13H16N3/c1-14-9-7-11-10(13(8-9)16-3)5-4-6-12(11)15-2/h4-6,8,14-16H,1-3H3. The summed E-state index contributed by atoms with van der Waals surface area (Å²) in [5.74, 6) is 0. The summed E-state index contributed by atoms with van der Waals surface area (Å²) >= 11 is 0. The molecule has 0 saturated heterocycles. The summed E-state index contributed by atoms with van der Waals surface area (Å²) in [5.41, 5.74) is 3.18. The molecule has 0 aromatic heterocycles. The number of rotatable bonds is 3. The van der Waals surface area contributed by atoms with Crippen LogP contribution in [0.3, 0.4) is 0 Å². The highest BCUT2D eigenvalue weighted by atomic mass is 14.9. The van der Waals surface area contributed by atoms with Crippen LogP contribution < -0.4 is 16.0 Å². The maximum atomic E-state index is 3.36. The minimum absolute atomic E-state index is 0.986. The quantitative estimate of drug-likeness (QED) is 0.735. The summed E-state index contributed by atoms with van der Waals surface area (Å²) in [7, 11) is 5.76. The zero-order valence-corrected chi connectivity index (χ0v) is 9.81. The van der Waals surface area contributed by atoms with Crippen molar-refractivity contribution in [3.63, 3.8) is 0 Å². The van der Waals surface area contributed by atoms with Gasteiger partial charge in [-0.1, -0.05) is 12.1 Å².